The van der Waals surface area contributed by atoms with Crippen LogP contribution in [0.15, 0.2) is 156 Å². The van der Waals surface area contributed by atoms with Crippen LogP contribution in [0.1, 0.15) is 25.0 Å². The summed E-state index contributed by atoms with van der Waals surface area (Å²) in [7, 11) is 0. The van der Waals surface area contributed by atoms with Crippen molar-refractivity contribution in [3.05, 3.63) is 163 Å². The molecule has 0 N–H and O–H groups in total. The molecular formula is C45H31NO. The Morgan fingerprint density at radius 3 is 2.09 bits per heavy atom. The molecule has 10 rings (SSSR count). The average Bonchev–Trinajstić information content (AvgIpc) is 3.74. The second kappa shape index (κ2) is 9.57. The maximum atomic E-state index is 6.62. The predicted molar refractivity (Wildman–Crippen MR) is 196 cm³/mol. The fraction of sp³-hybridized carbons (Fsp3) is 0.0667. The molecule has 1 aliphatic rings. The fourth-order valence-corrected chi connectivity index (χ4v) is 8.26. The number of aromatic nitrogens is 1. The maximum absolute atomic E-state index is 6.62. The highest BCUT2D eigenvalue weighted by atomic mass is 16.3. The monoisotopic (exact) mass is 601 g/mol. The van der Waals surface area contributed by atoms with Crippen molar-refractivity contribution in [3.8, 4) is 39.1 Å². The Balaban J connectivity index is 1.25. The van der Waals surface area contributed by atoms with Gasteiger partial charge in [0.2, 0.25) is 0 Å². The van der Waals surface area contributed by atoms with Gasteiger partial charge in [-0.25, -0.2) is 0 Å². The number of rotatable bonds is 3. The van der Waals surface area contributed by atoms with Crippen molar-refractivity contribution in [2.45, 2.75) is 19.3 Å². The smallest absolute Gasteiger partial charge is 0.160 e. The van der Waals surface area contributed by atoms with Crippen molar-refractivity contribution in [2.24, 2.45) is 0 Å². The van der Waals surface area contributed by atoms with Gasteiger partial charge in [0.1, 0.15) is 5.58 Å². The minimum atomic E-state index is -0.0988. The zero-order chi connectivity index (χ0) is 31.3. The molecule has 1 aliphatic carbocycles. The van der Waals surface area contributed by atoms with E-state index < -0.39 is 0 Å². The summed E-state index contributed by atoms with van der Waals surface area (Å²) in [4.78, 5) is 0. The second-order valence-electron chi connectivity index (χ2n) is 13.3. The summed E-state index contributed by atoms with van der Waals surface area (Å²) in [5, 5.41) is 4.70. The van der Waals surface area contributed by atoms with Gasteiger partial charge in [0.15, 0.2) is 5.58 Å². The Bertz CT molecular complexity index is 2700. The van der Waals surface area contributed by atoms with Crippen LogP contribution in [0.4, 0.5) is 0 Å². The Labute approximate surface area is 273 Å². The summed E-state index contributed by atoms with van der Waals surface area (Å²) < 4.78 is 9.01. The molecule has 9 aromatic rings. The highest BCUT2D eigenvalue weighted by Crippen LogP contribution is 2.53. The zero-order valence-corrected chi connectivity index (χ0v) is 26.3. The van der Waals surface area contributed by atoms with Crippen LogP contribution >= 0.6 is 0 Å². The lowest BCUT2D eigenvalue weighted by Gasteiger charge is -2.25. The zero-order valence-electron chi connectivity index (χ0n) is 26.3. The first-order valence-corrected chi connectivity index (χ1v) is 16.4. The van der Waals surface area contributed by atoms with Gasteiger partial charge < -0.3 is 8.98 Å². The lowest BCUT2D eigenvalue weighted by atomic mass is 9.78. The normalized spacial score (nSPS) is 13.5. The van der Waals surface area contributed by atoms with Crippen LogP contribution in [0.25, 0.3) is 82.8 Å². The van der Waals surface area contributed by atoms with E-state index in [1.807, 2.05) is 6.07 Å². The van der Waals surface area contributed by atoms with Crippen LogP contribution in [0.5, 0.6) is 0 Å². The first kappa shape index (κ1) is 26.4. The van der Waals surface area contributed by atoms with E-state index in [1.54, 1.807) is 0 Å². The lowest BCUT2D eigenvalue weighted by molar-refractivity contribution is 0.662. The number of hydrogen-bond acceptors (Lipinski definition) is 1. The van der Waals surface area contributed by atoms with Gasteiger partial charge in [-0.1, -0.05) is 123 Å². The number of nitrogens with zero attached hydrogens (tertiary/aromatic N) is 1. The van der Waals surface area contributed by atoms with Crippen molar-refractivity contribution < 1.29 is 4.42 Å². The van der Waals surface area contributed by atoms with E-state index in [2.05, 4.69) is 164 Å². The fourth-order valence-electron chi connectivity index (χ4n) is 8.26. The van der Waals surface area contributed by atoms with Crippen LogP contribution in [0.3, 0.4) is 0 Å². The Morgan fingerprint density at radius 2 is 1.19 bits per heavy atom. The highest BCUT2D eigenvalue weighted by Gasteiger charge is 2.37. The Morgan fingerprint density at radius 1 is 0.489 bits per heavy atom. The predicted octanol–water partition coefficient (Wildman–Crippen LogP) is 12.3. The molecule has 0 saturated heterocycles. The van der Waals surface area contributed by atoms with Gasteiger partial charge in [0.25, 0.3) is 0 Å². The number of para-hydroxylation sites is 2. The molecular weight excluding hydrogens is 571 g/mol. The van der Waals surface area contributed by atoms with Crippen LogP contribution < -0.4 is 0 Å². The maximum Gasteiger partial charge on any atom is 0.160 e. The molecule has 2 heteroatoms. The molecule has 0 aliphatic heterocycles. The van der Waals surface area contributed by atoms with Crippen molar-refractivity contribution in [3.63, 3.8) is 0 Å². The van der Waals surface area contributed by atoms with Crippen molar-refractivity contribution in [1.29, 1.82) is 0 Å². The van der Waals surface area contributed by atoms with E-state index in [-0.39, 0.29) is 5.41 Å². The largest absolute Gasteiger partial charge is 0.454 e. The van der Waals surface area contributed by atoms with E-state index in [0.29, 0.717) is 0 Å². The third-order valence-electron chi connectivity index (χ3n) is 10.4. The quantitative estimate of drug-likeness (QED) is 0.197. The van der Waals surface area contributed by atoms with Crippen LogP contribution in [-0.4, -0.2) is 4.57 Å². The number of furan rings is 1. The molecule has 0 radical (unpaired) electrons. The SMILES string of the molecule is CC1(C)c2ccccc2-c2cc(-c3cccc(-n4c5ccccc5c5ccc6c7ccccc7oc6c54)c3)cc(-c3ccccc3)c21. The second-order valence-corrected chi connectivity index (χ2v) is 13.3. The van der Waals surface area contributed by atoms with E-state index in [4.69, 9.17) is 4.42 Å². The van der Waals surface area contributed by atoms with Crippen molar-refractivity contribution in [2.75, 3.05) is 0 Å². The average molecular weight is 602 g/mol. The Hall–Kier alpha value is -5.86. The Kier molecular flexibility index (Phi) is 5.37. The van der Waals surface area contributed by atoms with E-state index in [1.165, 1.54) is 60.8 Å². The lowest BCUT2D eigenvalue weighted by Crippen LogP contribution is -2.16. The van der Waals surface area contributed by atoms with Gasteiger partial charge in [-0.05, 0) is 87.0 Å². The van der Waals surface area contributed by atoms with Crippen LogP contribution in [0, 0.1) is 0 Å². The molecule has 0 amide bonds. The number of fused-ring (bicyclic) bond motifs is 10. The van der Waals surface area contributed by atoms with Gasteiger partial charge in [-0.2, -0.15) is 0 Å². The topological polar surface area (TPSA) is 18.1 Å². The molecule has 0 fully saturated rings. The van der Waals surface area contributed by atoms with Gasteiger partial charge in [0, 0.05) is 32.6 Å². The first-order chi connectivity index (χ1) is 23.1. The third-order valence-corrected chi connectivity index (χ3v) is 10.4. The molecule has 0 saturated carbocycles. The van der Waals surface area contributed by atoms with Crippen LogP contribution in [0.2, 0.25) is 0 Å². The van der Waals surface area contributed by atoms with E-state index >= 15 is 0 Å². The third kappa shape index (κ3) is 3.67. The summed E-state index contributed by atoms with van der Waals surface area (Å²) in [5.41, 5.74) is 15.5. The summed E-state index contributed by atoms with van der Waals surface area (Å²) in [6.45, 7) is 4.73. The molecule has 222 valence electrons. The summed E-state index contributed by atoms with van der Waals surface area (Å²) >= 11 is 0. The number of benzene rings is 7. The molecule has 0 atom stereocenters. The first-order valence-electron chi connectivity index (χ1n) is 16.4. The molecule has 2 nitrogen and oxygen atoms in total. The molecule has 0 unspecified atom stereocenters. The van der Waals surface area contributed by atoms with Gasteiger partial charge in [-0.15, -0.1) is 0 Å². The summed E-state index contributed by atoms with van der Waals surface area (Å²) in [6.07, 6.45) is 0. The van der Waals surface area contributed by atoms with Crippen molar-refractivity contribution >= 4 is 43.7 Å². The molecule has 7 aromatic carbocycles. The van der Waals surface area contributed by atoms with Crippen molar-refractivity contribution in [1.82, 2.24) is 4.57 Å². The summed E-state index contributed by atoms with van der Waals surface area (Å²) in [5.74, 6) is 0. The van der Waals surface area contributed by atoms with E-state index in [9.17, 15) is 0 Å². The highest BCUT2D eigenvalue weighted by molar-refractivity contribution is 6.21. The van der Waals surface area contributed by atoms with Gasteiger partial charge in [0.05, 0.1) is 11.0 Å². The molecule has 0 spiro atoms. The molecule has 2 heterocycles. The van der Waals surface area contributed by atoms with Crippen LogP contribution in [-0.2, 0) is 5.41 Å². The number of hydrogen-bond donors (Lipinski definition) is 0. The minimum Gasteiger partial charge on any atom is -0.454 e. The molecule has 47 heavy (non-hydrogen) atoms. The van der Waals surface area contributed by atoms with E-state index in [0.717, 1.165) is 33.1 Å². The van der Waals surface area contributed by atoms with Gasteiger partial charge >= 0.3 is 0 Å². The molecule has 2 aromatic heterocycles. The minimum absolute atomic E-state index is 0.0988. The molecule has 0 bridgehead atoms. The summed E-state index contributed by atoms with van der Waals surface area (Å²) in [6, 6.07) is 55.1. The van der Waals surface area contributed by atoms with Gasteiger partial charge in [-0.3, -0.25) is 0 Å². The standard InChI is InChI=1S/C45H31NO/c1-45(2)39-20-9-6-17-32(39)38-27-30(26-37(42(38)45)28-13-4-3-5-14-28)29-15-12-16-31(25-29)46-40-21-10-7-18-33(40)35-23-24-36-34-19-8-11-22-41(34)47-44(36)43(35)46/h3-27H,1-2H3.